The lowest BCUT2D eigenvalue weighted by Gasteiger charge is -2.07. The van der Waals surface area contributed by atoms with E-state index in [0.717, 1.165) is 32.9 Å². The zero-order valence-corrected chi connectivity index (χ0v) is 16.7. The van der Waals surface area contributed by atoms with E-state index in [0.29, 0.717) is 17.0 Å². The van der Waals surface area contributed by atoms with Gasteiger partial charge in [0, 0.05) is 15.3 Å². The highest BCUT2D eigenvalue weighted by Crippen LogP contribution is 2.37. The van der Waals surface area contributed by atoms with Crippen LogP contribution in [-0.4, -0.2) is 18.9 Å². The molecule has 0 aliphatic heterocycles. The highest BCUT2D eigenvalue weighted by atomic mass is 32.2. The molecule has 0 aliphatic carbocycles. The quantitative estimate of drug-likeness (QED) is 0.309. The third kappa shape index (κ3) is 4.40. The van der Waals surface area contributed by atoms with Gasteiger partial charge in [0.25, 0.3) is 0 Å². The smallest absolute Gasteiger partial charge is 0.338 e. The summed E-state index contributed by atoms with van der Waals surface area (Å²) in [5.74, 6) is -0.363. The molecule has 0 atom stereocenters. The maximum Gasteiger partial charge on any atom is 0.338 e. The molecular weight excluding hydrogens is 378 g/mol. The highest BCUT2D eigenvalue weighted by Gasteiger charge is 2.17. The fourth-order valence-corrected chi connectivity index (χ4v) is 4.37. The first-order chi connectivity index (χ1) is 13.1. The Morgan fingerprint density at radius 1 is 1.19 bits per heavy atom. The molecule has 0 saturated heterocycles. The van der Waals surface area contributed by atoms with Crippen LogP contribution in [-0.2, 0) is 4.74 Å². The van der Waals surface area contributed by atoms with E-state index in [2.05, 4.69) is 4.72 Å². The van der Waals surface area contributed by atoms with Gasteiger partial charge >= 0.3 is 5.97 Å². The molecule has 0 amide bonds. The normalized spacial score (nSPS) is 10.4. The minimum absolute atomic E-state index is 0.317. The summed E-state index contributed by atoms with van der Waals surface area (Å²) in [5.41, 5.74) is 3.15. The van der Waals surface area contributed by atoms with E-state index >= 15 is 0 Å². The average Bonchev–Trinajstić information content (AvgIpc) is 3.11. The maximum absolute atomic E-state index is 12.2. The van der Waals surface area contributed by atoms with Crippen molar-refractivity contribution in [1.29, 1.82) is 0 Å². The van der Waals surface area contributed by atoms with Crippen LogP contribution in [0.1, 0.15) is 32.5 Å². The lowest BCUT2D eigenvalue weighted by atomic mass is 10.1. The fraction of sp³-hybridized carbons (Fsp3) is 0.143. The molecule has 2 aromatic carbocycles. The van der Waals surface area contributed by atoms with Crippen molar-refractivity contribution >= 4 is 41.2 Å². The van der Waals surface area contributed by atoms with E-state index in [-0.39, 0.29) is 5.97 Å². The minimum atomic E-state index is -0.363. The first-order valence-corrected chi connectivity index (χ1v) is 10.1. The molecule has 0 fully saturated rings. The fourth-order valence-electron chi connectivity index (χ4n) is 2.57. The average molecular weight is 398 g/mol. The van der Waals surface area contributed by atoms with Crippen LogP contribution in [0.25, 0.3) is 10.4 Å². The number of esters is 1. The van der Waals surface area contributed by atoms with Crippen molar-refractivity contribution in [3.05, 3.63) is 70.6 Å². The summed E-state index contributed by atoms with van der Waals surface area (Å²) in [6, 6.07) is 17.2. The molecule has 6 heteroatoms. The number of carbonyl (C=O) groups excluding carboxylic acids is 2. The lowest BCUT2D eigenvalue weighted by Crippen LogP contribution is -2.05. The van der Waals surface area contributed by atoms with Crippen molar-refractivity contribution in [3.8, 4) is 10.4 Å². The number of benzene rings is 2. The number of thiophene rings is 1. The molecule has 3 aromatic rings. The standard InChI is InChI=1S/C21H19NO3S2/c1-3-25-21(24)16-10-6-5-9-15(16)19-12-17(20(13-23)26-19)22-27-18-11-7-4-8-14(18)2/h4-13,22H,3H2,1-2H3. The topological polar surface area (TPSA) is 55.4 Å². The Morgan fingerprint density at radius 3 is 2.67 bits per heavy atom. The van der Waals surface area contributed by atoms with Crippen LogP contribution in [0.5, 0.6) is 0 Å². The largest absolute Gasteiger partial charge is 0.462 e. The molecule has 3 rings (SSSR count). The van der Waals surface area contributed by atoms with Gasteiger partial charge in [-0.05, 0) is 49.6 Å². The van der Waals surface area contributed by atoms with E-state index in [1.165, 1.54) is 23.3 Å². The third-order valence-electron chi connectivity index (χ3n) is 3.92. The van der Waals surface area contributed by atoms with Crippen LogP contribution < -0.4 is 4.72 Å². The van der Waals surface area contributed by atoms with Gasteiger partial charge < -0.3 is 9.46 Å². The second-order valence-corrected chi connectivity index (χ2v) is 7.67. The summed E-state index contributed by atoms with van der Waals surface area (Å²) in [4.78, 5) is 26.3. The number of ether oxygens (including phenoxy) is 1. The minimum Gasteiger partial charge on any atom is -0.462 e. The summed E-state index contributed by atoms with van der Waals surface area (Å²) >= 11 is 2.81. The second-order valence-electron chi connectivity index (χ2n) is 5.74. The Labute approximate surface area is 166 Å². The third-order valence-corrected chi connectivity index (χ3v) is 6.01. The first kappa shape index (κ1) is 19.2. The Hall–Kier alpha value is -2.57. The molecule has 27 heavy (non-hydrogen) atoms. The van der Waals surface area contributed by atoms with Gasteiger partial charge in [0.1, 0.15) is 0 Å². The SMILES string of the molecule is CCOC(=O)c1ccccc1-c1cc(NSc2ccccc2C)c(C=O)s1. The van der Waals surface area contributed by atoms with Crippen LogP contribution >= 0.6 is 23.3 Å². The van der Waals surface area contributed by atoms with Gasteiger partial charge in [-0.3, -0.25) is 4.79 Å². The zero-order chi connectivity index (χ0) is 19.2. The molecule has 0 unspecified atom stereocenters. The van der Waals surface area contributed by atoms with Crippen molar-refractivity contribution in [2.75, 3.05) is 11.3 Å². The Kier molecular flexibility index (Phi) is 6.32. The first-order valence-electron chi connectivity index (χ1n) is 8.48. The lowest BCUT2D eigenvalue weighted by molar-refractivity contribution is 0.0527. The Balaban J connectivity index is 1.90. The van der Waals surface area contributed by atoms with Crippen molar-refractivity contribution in [3.63, 3.8) is 0 Å². The van der Waals surface area contributed by atoms with Crippen molar-refractivity contribution in [2.24, 2.45) is 0 Å². The molecule has 0 saturated carbocycles. The predicted octanol–water partition coefficient (Wildman–Crippen LogP) is 5.83. The summed E-state index contributed by atoms with van der Waals surface area (Å²) in [6.45, 7) is 4.14. The van der Waals surface area contributed by atoms with Crippen LogP contribution in [0.2, 0.25) is 0 Å². The number of aldehydes is 1. The van der Waals surface area contributed by atoms with Gasteiger partial charge in [-0.15, -0.1) is 11.3 Å². The summed E-state index contributed by atoms with van der Waals surface area (Å²) < 4.78 is 8.41. The number of anilines is 1. The van der Waals surface area contributed by atoms with Gasteiger partial charge in [0.05, 0.1) is 22.7 Å². The van der Waals surface area contributed by atoms with Crippen LogP contribution in [0.4, 0.5) is 5.69 Å². The van der Waals surface area contributed by atoms with E-state index in [1.807, 2.05) is 49.4 Å². The van der Waals surface area contributed by atoms with Crippen molar-refractivity contribution in [2.45, 2.75) is 18.7 Å². The van der Waals surface area contributed by atoms with Gasteiger partial charge in [0.2, 0.25) is 0 Å². The summed E-state index contributed by atoms with van der Waals surface area (Å²) in [6.07, 6.45) is 0.835. The van der Waals surface area contributed by atoms with Gasteiger partial charge in [-0.2, -0.15) is 0 Å². The summed E-state index contributed by atoms with van der Waals surface area (Å²) in [5, 5.41) is 0. The Morgan fingerprint density at radius 2 is 1.93 bits per heavy atom. The maximum atomic E-state index is 12.2. The number of nitrogens with one attached hydrogen (secondary N) is 1. The van der Waals surface area contributed by atoms with E-state index in [1.54, 1.807) is 19.1 Å². The van der Waals surface area contributed by atoms with Gasteiger partial charge in [-0.1, -0.05) is 36.4 Å². The van der Waals surface area contributed by atoms with Gasteiger partial charge in [0.15, 0.2) is 6.29 Å². The highest BCUT2D eigenvalue weighted by molar-refractivity contribution is 8.00. The Bertz CT molecular complexity index is 966. The summed E-state index contributed by atoms with van der Waals surface area (Å²) in [7, 11) is 0. The number of hydrogen-bond acceptors (Lipinski definition) is 6. The van der Waals surface area contributed by atoms with Gasteiger partial charge in [-0.25, -0.2) is 4.79 Å². The molecule has 0 bridgehead atoms. The van der Waals surface area contributed by atoms with Crippen molar-refractivity contribution in [1.82, 2.24) is 0 Å². The molecule has 0 spiro atoms. The zero-order valence-electron chi connectivity index (χ0n) is 15.0. The van der Waals surface area contributed by atoms with E-state index in [4.69, 9.17) is 4.74 Å². The van der Waals surface area contributed by atoms with Crippen molar-refractivity contribution < 1.29 is 14.3 Å². The number of rotatable bonds is 7. The molecular formula is C21H19NO3S2. The van der Waals surface area contributed by atoms with Crippen LogP contribution in [0, 0.1) is 6.92 Å². The predicted molar refractivity (Wildman–Crippen MR) is 112 cm³/mol. The molecule has 0 radical (unpaired) electrons. The molecule has 4 nitrogen and oxygen atoms in total. The van der Waals surface area contributed by atoms with Crippen LogP contribution in [0.3, 0.4) is 0 Å². The molecule has 0 aliphatic rings. The number of carbonyl (C=O) groups is 2. The number of aryl methyl sites for hydroxylation is 1. The second kappa shape index (κ2) is 8.88. The van der Waals surface area contributed by atoms with Crippen LogP contribution in [0.15, 0.2) is 59.5 Å². The molecule has 1 aromatic heterocycles. The number of hydrogen-bond donors (Lipinski definition) is 1. The van der Waals surface area contributed by atoms with E-state index < -0.39 is 0 Å². The molecule has 138 valence electrons. The monoisotopic (exact) mass is 397 g/mol. The molecule has 1 heterocycles. The molecule has 1 N–H and O–H groups in total. The van der Waals surface area contributed by atoms with E-state index in [9.17, 15) is 9.59 Å².